The van der Waals surface area contributed by atoms with Gasteiger partial charge < -0.3 is 20.1 Å². The van der Waals surface area contributed by atoms with Crippen molar-refractivity contribution in [2.45, 2.75) is 12.5 Å². The van der Waals surface area contributed by atoms with Crippen molar-refractivity contribution in [2.24, 2.45) is 7.05 Å². The number of nitrogens with one attached hydrogen (secondary N) is 2. The molecule has 0 spiro atoms. The number of aromatic nitrogens is 2. The van der Waals surface area contributed by atoms with Crippen molar-refractivity contribution in [1.82, 2.24) is 25.1 Å². The standard InChI is InChI=1S/C18H22FN5O2/c1-23-10-9-21-17(23)15-12-20-8-11-24(15)16(25)6-7-22-18(26)13-2-4-14(19)5-3-13/h2-5,9-10,15,20H,6-8,11-12H2,1H3,(H,22,26). The van der Waals surface area contributed by atoms with Gasteiger partial charge in [-0.25, -0.2) is 9.37 Å². The molecule has 3 rings (SSSR count). The van der Waals surface area contributed by atoms with Gasteiger partial charge in [0.05, 0.1) is 0 Å². The molecule has 0 saturated carbocycles. The third-order valence-electron chi connectivity index (χ3n) is 4.45. The van der Waals surface area contributed by atoms with E-state index in [1.807, 2.05) is 22.7 Å². The summed E-state index contributed by atoms with van der Waals surface area (Å²) in [5, 5.41) is 5.99. The lowest BCUT2D eigenvalue weighted by molar-refractivity contribution is -0.134. The number of carbonyl (C=O) groups is 2. The molecule has 2 aromatic rings. The molecule has 1 aliphatic rings. The number of aryl methyl sites for hydroxylation is 1. The molecule has 0 radical (unpaired) electrons. The van der Waals surface area contributed by atoms with Crippen LogP contribution in [0.3, 0.4) is 0 Å². The van der Waals surface area contributed by atoms with Crippen LogP contribution >= 0.6 is 0 Å². The molecule has 1 aromatic heterocycles. The number of nitrogens with zero attached hydrogens (tertiary/aromatic N) is 3. The van der Waals surface area contributed by atoms with Crippen LogP contribution in [-0.2, 0) is 11.8 Å². The number of amides is 2. The summed E-state index contributed by atoms with van der Waals surface area (Å²) < 4.78 is 14.8. The van der Waals surface area contributed by atoms with Crippen LogP contribution in [0.2, 0.25) is 0 Å². The van der Waals surface area contributed by atoms with Gasteiger partial charge in [-0.2, -0.15) is 0 Å². The molecule has 1 saturated heterocycles. The Morgan fingerprint density at radius 1 is 1.35 bits per heavy atom. The van der Waals surface area contributed by atoms with Gasteiger partial charge in [0.2, 0.25) is 5.91 Å². The maximum atomic E-state index is 12.9. The van der Waals surface area contributed by atoms with E-state index in [4.69, 9.17) is 0 Å². The molecule has 1 atom stereocenters. The number of halogens is 1. The van der Waals surface area contributed by atoms with Gasteiger partial charge in [-0.3, -0.25) is 9.59 Å². The summed E-state index contributed by atoms with van der Waals surface area (Å²) in [7, 11) is 1.91. The number of piperazine rings is 1. The summed E-state index contributed by atoms with van der Waals surface area (Å²) in [6.45, 7) is 2.21. The van der Waals surface area contributed by atoms with Crippen molar-refractivity contribution < 1.29 is 14.0 Å². The summed E-state index contributed by atoms with van der Waals surface area (Å²) in [4.78, 5) is 30.8. The molecule has 138 valence electrons. The molecule has 26 heavy (non-hydrogen) atoms. The lowest BCUT2D eigenvalue weighted by Crippen LogP contribution is -2.50. The average molecular weight is 359 g/mol. The number of imidazole rings is 1. The fourth-order valence-electron chi connectivity index (χ4n) is 3.06. The minimum Gasteiger partial charge on any atom is -0.352 e. The summed E-state index contributed by atoms with van der Waals surface area (Å²) in [6, 6.07) is 5.18. The van der Waals surface area contributed by atoms with Crippen molar-refractivity contribution in [3.8, 4) is 0 Å². The van der Waals surface area contributed by atoms with Crippen molar-refractivity contribution in [3.63, 3.8) is 0 Å². The Bertz CT molecular complexity index is 774. The van der Waals surface area contributed by atoms with Crippen molar-refractivity contribution in [3.05, 3.63) is 53.9 Å². The number of hydrogen-bond acceptors (Lipinski definition) is 4. The molecule has 0 bridgehead atoms. The molecule has 2 amide bonds. The van der Waals surface area contributed by atoms with Crippen LogP contribution < -0.4 is 10.6 Å². The fraction of sp³-hybridized carbons (Fsp3) is 0.389. The van der Waals surface area contributed by atoms with Crippen molar-refractivity contribution >= 4 is 11.8 Å². The van der Waals surface area contributed by atoms with Gasteiger partial charge in [0.25, 0.3) is 5.91 Å². The highest BCUT2D eigenvalue weighted by Crippen LogP contribution is 2.21. The molecule has 1 fully saturated rings. The van der Waals surface area contributed by atoms with Crippen LogP contribution in [0.15, 0.2) is 36.7 Å². The Kier molecular flexibility index (Phi) is 5.62. The second-order valence-corrected chi connectivity index (χ2v) is 6.22. The second kappa shape index (κ2) is 8.09. The maximum Gasteiger partial charge on any atom is 0.251 e. The van der Waals surface area contributed by atoms with Gasteiger partial charge in [0.1, 0.15) is 17.7 Å². The first-order valence-electron chi connectivity index (χ1n) is 8.57. The molecular weight excluding hydrogens is 337 g/mol. The van der Waals surface area contributed by atoms with Crippen LogP contribution in [0, 0.1) is 5.82 Å². The third kappa shape index (κ3) is 4.08. The monoisotopic (exact) mass is 359 g/mol. The summed E-state index contributed by atoms with van der Waals surface area (Å²) in [6.07, 6.45) is 3.78. The predicted octanol–water partition coefficient (Wildman–Crippen LogP) is 0.852. The zero-order chi connectivity index (χ0) is 18.5. The van der Waals surface area contributed by atoms with E-state index < -0.39 is 5.82 Å². The van der Waals surface area contributed by atoms with Crippen molar-refractivity contribution in [1.29, 1.82) is 0 Å². The van der Waals surface area contributed by atoms with Crippen LogP contribution in [-0.4, -0.2) is 52.4 Å². The molecule has 1 unspecified atom stereocenters. The van der Waals surface area contributed by atoms with Gasteiger partial charge in [-0.1, -0.05) is 0 Å². The Labute approximate surface area is 151 Å². The minimum absolute atomic E-state index is 0.0288. The normalized spacial score (nSPS) is 17.2. The van der Waals surface area contributed by atoms with Gasteiger partial charge in [-0.15, -0.1) is 0 Å². The van der Waals surface area contributed by atoms with E-state index in [2.05, 4.69) is 15.6 Å². The van der Waals surface area contributed by atoms with E-state index in [0.29, 0.717) is 18.7 Å². The van der Waals surface area contributed by atoms with Crippen molar-refractivity contribution in [2.75, 3.05) is 26.2 Å². The quantitative estimate of drug-likeness (QED) is 0.830. The van der Waals surface area contributed by atoms with Gasteiger partial charge in [-0.05, 0) is 24.3 Å². The first-order valence-corrected chi connectivity index (χ1v) is 8.57. The lowest BCUT2D eigenvalue weighted by Gasteiger charge is -2.35. The average Bonchev–Trinajstić information content (AvgIpc) is 3.08. The molecule has 8 heteroatoms. The fourth-order valence-corrected chi connectivity index (χ4v) is 3.06. The van der Waals surface area contributed by atoms with Gasteiger partial charge in [0, 0.05) is 57.6 Å². The number of benzene rings is 1. The maximum absolute atomic E-state index is 12.9. The molecule has 0 aliphatic carbocycles. The van der Waals surface area contributed by atoms with E-state index in [-0.39, 0.29) is 30.8 Å². The summed E-state index contributed by atoms with van der Waals surface area (Å²) in [5.74, 6) is 0.0920. The highest BCUT2D eigenvalue weighted by atomic mass is 19.1. The highest BCUT2D eigenvalue weighted by Gasteiger charge is 2.30. The van der Waals surface area contributed by atoms with Gasteiger partial charge in [0.15, 0.2) is 0 Å². The van der Waals surface area contributed by atoms with Crippen LogP contribution in [0.4, 0.5) is 4.39 Å². The molecule has 7 nitrogen and oxygen atoms in total. The highest BCUT2D eigenvalue weighted by molar-refractivity contribution is 5.94. The number of carbonyl (C=O) groups excluding carboxylic acids is 2. The largest absolute Gasteiger partial charge is 0.352 e. The molecular formula is C18H22FN5O2. The zero-order valence-corrected chi connectivity index (χ0v) is 14.6. The lowest BCUT2D eigenvalue weighted by atomic mass is 10.1. The van der Waals surface area contributed by atoms with E-state index >= 15 is 0 Å². The molecule has 2 N–H and O–H groups in total. The van der Waals surface area contributed by atoms with Crippen LogP contribution in [0.1, 0.15) is 28.6 Å². The Balaban J connectivity index is 1.55. The molecule has 1 aromatic carbocycles. The second-order valence-electron chi connectivity index (χ2n) is 6.22. The number of rotatable bonds is 5. The van der Waals surface area contributed by atoms with E-state index in [9.17, 15) is 14.0 Å². The number of hydrogen-bond donors (Lipinski definition) is 2. The molecule has 2 heterocycles. The van der Waals surface area contributed by atoms with E-state index in [1.54, 1.807) is 6.20 Å². The summed E-state index contributed by atoms with van der Waals surface area (Å²) in [5.41, 5.74) is 0.368. The smallest absolute Gasteiger partial charge is 0.251 e. The Hall–Kier alpha value is -2.74. The SMILES string of the molecule is Cn1ccnc1C1CNCCN1C(=O)CCNC(=O)c1ccc(F)cc1. The predicted molar refractivity (Wildman–Crippen MR) is 93.9 cm³/mol. The van der Waals surface area contributed by atoms with E-state index in [1.165, 1.54) is 24.3 Å². The first-order chi connectivity index (χ1) is 12.6. The van der Waals surface area contributed by atoms with Gasteiger partial charge >= 0.3 is 0 Å². The molecule has 1 aliphatic heterocycles. The Morgan fingerprint density at radius 2 is 2.12 bits per heavy atom. The van der Waals surface area contributed by atoms with Crippen LogP contribution in [0.25, 0.3) is 0 Å². The summed E-state index contributed by atoms with van der Waals surface area (Å²) >= 11 is 0. The van der Waals surface area contributed by atoms with Crippen LogP contribution in [0.5, 0.6) is 0 Å². The topological polar surface area (TPSA) is 79.3 Å². The van der Waals surface area contributed by atoms with E-state index in [0.717, 1.165) is 12.4 Å². The minimum atomic E-state index is -0.393. The third-order valence-corrected chi connectivity index (χ3v) is 4.45. The first kappa shape index (κ1) is 18.1. The zero-order valence-electron chi connectivity index (χ0n) is 14.6. The Morgan fingerprint density at radius 3 is 2.81 bits per heavy atom.